The Hall–Kier alpha value is -0.280. The van der Waals surface area contributed by atoms with Crippen molar-refractivity contribution in [3.05, 3.63) is 34.2 Å². The maximum Gasteiger partial charge on any atom is 0.0636 e. The van der Waals surface area contributed by atoms with Crippen LogP contribution >= 0.6 is 35.3 Å². The van der Waals surface area contributed by atoms with E-state index in [4.69, 9.17) is 11.6 Å². The Kier molecular flexibility index (Phi) is 4.20. The van der Waals surface area contributed by atoms with Crippen LogP contribution in [-0.4, -0.2) is 7.05 Å². The molecule has 0 unspecified atom stereocenters. The Labute approximate surface area is 98.5 Å². The summed E-state index contributed by atoms with van der Waals surface area (Å²) in [4.78, 5) is 1.21. The van der Waals surface area contributed by atoms with Gasteiger partial charge in [0.15, 0.2) is 0 Å². The van der Waals surface area contributed by atoms with Crippen molar-refractivity contribution in [2.45, 2.75) is 6.54 Å². The molecule has 1 aromatic heterocycles. The van der Waals surface area contributed by atoms with Gasteiger partial charge < -0.3 is 5.32 Å². The SMILES string of the molecule is CNCc1sc2ccccc2c1Cl.Cl. The van der Waals surface area contributed by atoms with Gasteiger partial charge in [-0.2, -0.15) is 0 Å². The van der Waals surface area contributed by atoms with Crippen LogP contribution in [0.15, 0.2) is 24.3 Å². The van der Waals surface area contributed by atoms with Gasteiger partial charge in [-0.3, -0.25) is 0 Å². The summed E-state index contributed by atoms with van der Waals surface area (Å²) in [6, 6.07) is 8.22. The maximum absolute atomic E-state index is 6.21. The average molecular weight is 248 g/mol. The van der Waals surface area contributed by atoms with E-state index in [0.29, 0.717) is 0 Å². The molecule has 2 rings (SSSR count). The lowest BCUT2D eigenvalue weighted by Crippen LogP contribution is -2.03. The number of hydrogen-bond donors (Lipinski definition) is 1. The molecule has 1 nitrogen and oxygen atoms in total. The lowest BCUT2D eigenvalue weighted by atomic mass is 10.2. The Balaban J connectivity index is 0.000000980. The number of rotatable bonds is 2. The molecule has 0 aliphatic carbocycles. The van der Waals surface area contributed by atoms with E-state index in [1.54, 1.807) is 11.3 Å². The van der Waals surface area contributed by atoms with Crippen LogP contribution in [-0.2, 0) is 6.54 Å². The highest BCUT2D eigenvalue weighted by Gasteiger charge is 2.07. The van der Waals surface area contributed by atoms with E-state index in [0.717, 1.165) is 11.6 Å². The van der Waals surface area contributed by atoms with Crippen molar-refractivity contribution in [1.82, 2.24) is 5.32 Å². The summed E-state index contributed by atoms with van der Waals surface area (Å²) in [5.41, 5.74) is 0. The zero-order valence-electron chi connectivity index (χ0n) is 7.71. The minimum atomic E-state index is 0. The zero-order valence-corrected chi connectivity index (χ0v) is 10.1. The van der Waals surface area contributed by atoms with Crippen molar-refractivity contribution in [2.75, 3.05) is 7.05 Å². The summed E-state index contributed by atoms with van der Waals surface area (Å²) in [5, 5.41) is 5.18. The summed E-state index contributed by atoms with van der Waals surface area (Å²) in [6.45, 7) is 0.845. The van der Waals surface area contributed by atoms with Gasteiger partial charge in [-0.1, -0.05) is 29.8 Å². The monoisotopic (exact) mass is 247 g/mol. The molecule has 0 bridgehead atoms. The van der Waals surface area contributed by atoms with Gasteiger partial charge in [0, 0.05) is 21.5 Å². The van der Waals surface area contributed by atoms with E-state index >= 15 is 0 Å². The predicted octanol–water partition coefficient (Wildman–Crippen LogP) is 3.70. The molecule has 1 heterocycles. The molecule has 0 aliphatic rings. The first-order chi connectivity index (χ1) is 6.33. The van der Waals surface area contributed by atoms with Crippen LogP contribution in [0.3, 0.4) is 0 Å². The lowest BCUT2D eigenvalue weighted by Gasteiger charge is -1.94. The molecule has 0 saturated carbocycles. The van der Waals surface area contributed by atoms with Crippen molar-refractivity contribution < 1.29 is 0 Å². The van der Waals surface area contributed by atoms with Gasteiger partial charge in [0.05, 0.1) is 5.02 Å². The third-order valence-electron chi connectivity index (χ3n) is 1.94. The quantitative estimate of drug-likeness (QED) is 0.854. The van der Waals surface area contributed by atoms with Crippen LogP contribution in [0.4, 0.5) is 0 Å². The molecule has 1 N–H and O–H groups in total. The van der Waals surface area contributed by atoms with Gasteiger partial charge in [-0.15, -0.1) is 23.7 Å². The summed E-state index contributed by atoms with van der Waals surface area (Å²) in [5.74, 6) is 0. The molecule has 0 atom stereocenters. The van der Waals surface area contributed by atoms with Crippen molar-refractivity contribution in [1.29, 1.82) is 0 Å². The van der Waals surface area contributed by atoms with Gasteiger partial charge >= 0.3 is 0 Å². The van der Waals surface area contributed by atoms with E-state index in [9.17, 15) is 0 Å². The molecule has 76 valence electrons. The molecule has 14 heavy (non-hydrogen) atoms. The molecular weight excluding hydrogens is 237 g/mol. The number of nitrogens with one attached hydrogen (secondary N) is 1. The first kappa shape index (κ1) is 11.8. The Morgan fingerprint density at radius 2 is 2.07 bits per heavy atom. The highest BCUT2D eigenvalue weighted by molar-refractivity contribution is 7.19. The number of benzene rings is 1. The van der Waals surface area contributed by atoms with E-state index < -0.39 is 0 Å². The fourth-order valence-corrected chi connectivity index (χ4v) is 2.85. The van der Waals surface area contributed by atoms with Crippen LogP contribution in [0.5, 0.6) is 0 Å². The fourth-order valence-electron chi connectivity index (χ4n) is 1.34. The molecule has 0 fully saturated rings. The smallest absolute Gasteiger partial charge is 0.0636 e. The van der Waals surface area contributed by atoms with Crippen LogP contribution in [0, 0.1) is 0 Å². The average Bonchev–Trinajstić information content (AvgIpc) is 2.46. The standard InChI is InChI=1S/C10H10ClNS.ClH/c1-12-6-9-10(11)7-4-2-3-5-8(7)13-9;/h2-5,12H,6H2,1H3;1H. The fraction of sp³-hybridized carbons (Fsp3) is 0.200. The minimum Gasteiger partial charge on any atom is -0.315 e. The van der Waals surface area contributed by atoms with Crippen molar-refractivity contribution in [3.63, 3.8) is 0 Å². The first-order valence-electron chi connectivity index (χ1n) is 4.13. The van der Waals surface area contributed by atoms with Crippen molar-refractivity contribution in [3.8, 4) is 0 Å². The van der Waals surface area contributed by atoms with Crippen LogP contribution in [0.25, 0.3) is 10.1 Å². The second-order valence-corrected chi connectivity index (χ2v) is 4.38. The van der Waals surface area contributed by atoms with E-state index in [-0.39, 0.29) is 12.4 Å². The van der Waals surface area contributed by atoms with E-state index in [2.05, 4.69) is 17.4 Å². The van der Waals surface area contributed by atoms with Gasteiger partial charge in [0.1, 0.15) is 0 Å². The zero-order chi connectivity index (χ0) is 9.26. The maximum atomic E-state index is 6.21. The third-order valence-corrected chi connectivity index (χ3v) is 3.65. The predicted molar refractivity (Wildman–Crippen MR) is 66.8 cm³/mol. The number of thiophene rings is 1. The molecule has 0 radical (unpaired) electrons. The number of fused-ring (bicyclic) bond motifs is 1. The van der Waals surface area contributed by atoms with E-state index in [1.807, 2.05) is 19.2 Å². The largest absolute Gasteiger partial charge is 0.315 e. The third kappa shape index (κ3) is 2.04. The second-order valence-electron chi connectivity index (χ2n) is 2.87. The van der Waals surface area contributed by atoms with E-state index in [1.165, 1.54) is 15.0 Å². The molecular formula is C10H11Cl2NS. The Morgan fingerprint density at radius 1 is 1.36 bits per heavy atom. The van der Waals surface area contributed by atoms with Crippen LogP contribution in [0.1, 0.15) is 4.88 Å². The van der Waals surface area contributed by atoms with Crippen molar-refractivity contribution >= 4 is 45.4 Å². The highest BCUT2D eigenvalue weighted by Crippen LogP contribution is 2.34. The van der Waals surface area contributed by atoms with Crippen LogP contribution < -0.4 is 5.32 Å². The topological polar surface area (TPSA) is 12.0 Å². The normalized spacial score (nSPS) is 10.1. The van der Waals surface area contributed by atoms with Gasteiger partial charge in [-0.25, -0.2) is 0 Å². The van der Waals surface area contributed by atoms with Gasteiger partial charge in [0.2, 0.25) is 0 Å². The number of halogens is 2. The van der Waals surface area contributed by atoms with Gasteiger partial charge in [-0.05, 0) is 13.1 Å². The molecule has 0 spiro atoms. The molecule has 0 amide bonds. The lowest BCUT2D eigenvalue weighted by molar-refractivity contribution is 0.832. The molecule has 4 heteroatoms. The summed E-state index contributed by atoms with van der Waals surface area (Å²) in [6.07, 6.45) is 0. The Morgan fingerprint density at radius 3 is 2.71 bits per heavy atom. The second kappa shape index (κ2) is 4.99. The van der Waals surface area contributed by atoms with Crippen molar-refractivity contribution in [2.24, 2.45) is 0 Å². The molecule has 2 aromatic rings. The summed E-state index contributed by atoms with van der Waals surface area (Å²) < 4.78 is 1.26. The first-order valence-corrected chi connectivity index (χ1v) is 5.33. The summed E-state index contributed by atoms with van der Waals surface area (Å²) in [7, 11) is 1.93. The number of hydrogen-bond acceptors (Lipinski definition) is 2. The van der Waals surface area contributed by atoms with Crippen LogP contribution in [0.2, 0.25) is 5.02 Å². The minimum absolute atomic E-state index is 0. The molecule has 0 aliphatic heterocycles. The Bertz CT molecular complexity index is 425. The highest BCUT2D eigenvalue weighted by atomic mass is 35.5. The van der Waals surface area contributed by atoms with Gasteiger partial charge in [0.25, 0.3) is 0 Å². The summed E-state index contributed by atoms with van der Waals surface area (Å²) >= 11 is 7.96. The molecule has 1 aromatic carbocycles. The molecule has 0 saturated heterocycles.